The molecule has 0 spiro atoms. The molecule has 1 aromatic carbocycles. The third-order valence-corrected chi connectivity index (χ3v) is 3.24. The van der Waals surface area contributed by atoms with Gasteiger partial charge in [-0.05, 0) is 29.7 Å². The van der Waals surface area contributed by atoms with E-state index in [9.17, 15) is 0 Å². The zero-order chi connectivity index (χ0) is 8.60. The van der Waals surface area contributed by atoms with Gasteiger partial charge in [-0.15, -0.1) is 0 Å². The van der Waals surface area contributed by atoms with Crippen LogP contribution in [0.4, 0.5) is 0 Å². The quantitative estimate of drug-likeness (QED) is 0.622. The standard InChI is InChI=1S/C12H16/c1-10(2)12(8-9-12)11-6-4-3-5-7-11/h3-7,10H,8-9H2,1-2H3. The molecule has 2 rings (SSSR count). The van der Waals surface area contributed by atoms with Crippen LogP contribution in [0.2, 0.25) is 0 Å². The summed E-state index contributed by atoms with van der Waals surface area (Å²) in [7, 11) is 0. The molecule has 12 heavy (non-hydrogen) atoms. The molecule has 0 bridgehead atoms. The summed E-state index contributed by atoms with van der Waals surface area (Å²) >= 11 is 0. The van der Waals surface area contributed by atoms with E-state index >= 15 is 0 Å². The highest BCUT2D eigenvalue weighted by Gasteiger charge is 2.46. The van der Waals surface area contributed by atoms with Crippen molar-refractivity contribution < 1.29 is 0 Å². The van der Waals surface area contributed by atoms with E-state index in [1.54, 1.807) is 5.56 Å². The molecular formula is C12H16. The summed E-state index contributed by atoms with van der Waals surface area (Å²) in [5.74, 6) is 0.792. The minimum atomic E-state index is 0.543. The molecule has 1 saturated carbocycles. The Morgan fingerprint density at radius 3 is 2.08 bits per heavy atom. The Balaban J connectivity index is 2.31. The Bertz CT molecular complexity index is 255. The van der Waals surface area contributed by atoms with E-state index in [-0.39, 0.29) is 0 Å². The van der Waals surface area contributed by atoms with E-state index < -0.39 is 0 Å². The molecule has 1 fully saturated rings. The van der Waals surface area contributed by atoms with E-state index in [2.05, 4.69) is 44.2 Å². The van der Waals surface area contributed by atoms with Crippen molar-refractivity contribution in [1.82, 2.24) is 0 Å². The molecule has 0 amide bonds. The summed E-state index contributed by atoms with van der Waals surface area (Å²) in [6.07, 6.45) is 2.77. The molecule has 0 heteroatoms. The van der Waals surface area contributed by atoms with Crippen molar-refractivity contribution in [2.45, 2.75) is 32.1 Å². The predicted molar refractivity (Wildman–Crippen MR) is 52.2 cm³/mol. The van der Waals surface area contributed by atoms with Gasteiger partial charge >= 0.3 is 0 Å². The van der Waals surface area contributed by atoms with Gasteiger partial charge in [-0.3, -0.25) is 0 Å². The van der Waals surface area contributed by atoms with E-state index in [0.29, 0.717) is 5.41 Å². The Morgan fingerprint density at radius 1 is 1.08 bits per heavy atom. The summed E-state index contributed by atoms with van der Waals surface area (Å²) in [4.78, 5) is 0. The molecule has 64 valence electrons. The van der Waals surface area contributed by atoms with Crippen LogP contribution in [0.5, 0.6) is 0 Å². The lowest BCUT2D eigenvalue weighted by molar-refractivity contribution is 0.481. The van der Waals surface area contributed by atoms with Crippen LogP contribution in [0, 0.1) is 5.92 Å². The maximum atomic E-state index is 2.33. The fourth-order valence-electron chi connectivity index (χ4n) is 2.10. The lowest BCUT2D eigenvalue weighted by Gasteiger charge is -2.19. The predicted octanol–water partition coefficient (Wildman–Crippen LogP) is 3.37. The number of hydrogen-bond donors (Lipinski definition) is 0. The van der Waals surface area contributed by atoms with Gasteiger partial charge < -0.3 is 0 Å². The van der Waals surface area contributed by atoms with Gasteiger partial charge in [-0.1, -0.05) is 44.2 Å². The average molecular weight is 160 g/mol. The zero-order valence-corrected chi connectivity index (χ0v) is 7.88. The molecule has 0 nitrogen and oxygen atoms in total. The van der Waals surface area contributed by atoms with E-state index in [4.69, 9.17) is 0 Å². The highest BCUT2D eigenvalue weighted by atomic mass is 14.5. The second-order valence-electron chi connectivity index (χ2n) is 4.18. The van der Waals surface area contributed by atoms with Crippen LogP contribution in [0.25, 0.3) is 0 Å². The second kappa shape index (κ2) is 2.62. The molecule has 1 aliphatic carbocycles. The molecular weight excluding hydrogens is 144 g/mol. The average Bonchev–Trinajstić information content (AvgIpc) is 2.86. The number of rotatable bonds is 2. The summed E-state index contributed by atoms with van der Waals surface area (Å²) in [5.41, 5.74) is 2.08. The first-order chi connectivity index (χ1) is 5.76. The molecule has 0 unspecified atom stereocenters. The summed E-state index contributed by atoms with van der Waals surface area (Å²) in [6.45, 7) is 4.67. The Kier molecular flexibility index (Phi) is 1.71. The first kappa shape index (κ1) is 7.85. The smallest absolute Gasteiger partial charge is 0.00234 e. The van der Waals surface area contributed by atoms with Gasteiger partial charge in [0, 0.05) is 0 Å². The summed E-state index contributed by atoms with van der Waals surface area (Å²) < 4.78 is 0. The minimum absolute atomic E-state index is 0.543. The van der Waals surface area contributed by atoms with E-state index in [1.165, 1.54) is 12.8 Å². The van der Waals surface area contributed by atoms with Gasteiger partial charge in [0.15, 0.2) is 0 Å². The van der Waals surface area contributed by atoms with Crippen molar-refractivity contribution in [2.24, 2.45) is 5.92 Å². The zero-order valence-electron chi connectivity index (χ0n) is 7.88. The van der Waals surface area contributed by atoms with E-state index in [1.807, 2.05) is 0 Å². The van der Waals surface area contributed by atoms with Crippen LogP contribution in [-0.4, -0.2) is 0 Å². The largest absolute Gasteiger partial charge is 0.0622 e. The third-order valence-electron chi connectivity index (χ3n) is 3.24. The second-order valence-corrected chi connectivity index (χ2v) is 4.18. The molecule has 1 aromatic rings. The lowest BCUT2D eigenvalue weighted by atomic mass is 9.85. The van der Waals surface area contributed by atoms with Crippen molar-refractivity contribution >= 4 is 0 Å². The fourth-order valence-corrected chi connectivity index (χ4v) is 2.10. The molecule has 0 radical (unpaired) electrons. The minimum Gasteiger partial charge on any atom is -0.0622 e. The van der Waals surface area contributed by atoms with Crippen LogP contribution in [0.1, 0.15) is 32.3 Å². The molecule has 1 aliphatic rings. The van der Waals surface area contributed by atoms with Crippen LogP contribution in [-0.2, 0) is 5.41 Å². The SMILES string of the molecule is CC(C)C1(c2ccccc2)CC1. The highest BCUT2D eigenvalue weighted by molar-refractivity contribution is 5.31. The number of benzene rings is 1. The monoisotopic (exact) mass is 160 g/mol. The van der Waals surface area contributed by atoms with E-state index in [0.717, 1.165) is 5.92 Å². The Hall–Kier alpha value is -0.780. The van der Waals surface area contributed by atoms with Gasteiger partial charge in [0.25, 0.3) is 0 Å². The number of hydrogen-bond acceptors (Lipinski definition) is 0. The lowest BCUT2D eigenvalue weighted by Crippen LogP contribution is -2.14. The molecule has 0 heterocycles. The van der Waals surface area contributed by atoms with Crippen LogP contribution in [0.15, 0.2) is 30.3 Å². The Morgan fingerprint density at radius 2 is 1.67 bits per heavy atom. The first-order valence-electron chi connectivity index (χ1n) is 4.81. The van der Waals surface area contributed by atoms with Gasteiger partial charge in [-0.25, -0.2) is 0 Å². The van der Waals surface area contributed by atoms with Crippen molar-refractivity contribution in [3.8, 4) is 0 Å². The van der Waals surface area contributed by atoms with Crippen LogP contribution < -0.4 is 0 Å². The highest BCUT2D eigenvalue weighted by Crippen LogP contribution is 2.53. The molecule has 0 aliphatic heterocycles. The first-order valence-corrected chi connectivity index (χ1v) is 4.81. The Labute approximate surface area is 74.6 Å². The van der Waals surface area contributed by atoms with Crippen molar-refractivity contribution in [1.29, 1.82) is 0 Å². The van der Waals surface area contributed by atoms with Gasteiger partial charge in [0.2, 0.25) is 0 Å². The van der Waals surface area contributed by atoms with Gasteiger partial charge in [0.05, 0.1) is 0 Å². The van der Waals surface area contributed by atoms with Crippen molar-refractivity contribution in [3.63, 3.8) is 0 Å². The summed E-state index contributed by atoms with van der Waals surface area (Å²) in [6, 6.07) is 10.9. The molecule has 0 N–H and O–H groups in total. The maximum Gasteiger partial charge on any atom is -0.00234 e. The fraction of sp³-hybridized carbons (Fsp3) is 0.500. The van der Waals surface area contributed by atoms with Gasteiger partial charge in [0.1, 0.15) is 0 Å². The summed E-state index contributed by atoms with van der Waals surface area (Å²) in [5, 5.41) is 0. The van der Waals surface area contributed by atoms with Crippen LogP contribution in [0.3, 0.4) is 0 Å². The normalized spacial score (nSPS) is 19.6. The maximum absolute atomic E-state index is 2.33. The van der Waals surface area contributed by atoms with Gasteiger partial charge in [-0.2, -0.15) is 0 Å². The van der Waals surface area contributed by atoms with Crippen LogP contribution >= 0.6 is 0 Å². The van der Waals surface area contributed by atoms with Crippen molar-refractivity contribution in [3.05, 3.63) is 35.9 Å². The van der Waals surface area contributed by atoms with Crippen molar-refractivity contribution in [2.75, 3.05) is 0 Å². The molecule has 0 saturated heterocycles. The topological polar surface area (TPSA) is 0 Å². The third kappa shape index (κ3) is 1.06. The molecule has 0 atom stereocenters. The molecule has 0 aromatic heterocycles.